The van der Waals surface area contributed by atoms with E-state index >= 15 is 0 Å². The molecule has 2 aromatic carbocycles. The van der Waals surface area contributed by atoms with Crippen molar-refractivity contribution in [1.29, 1.82) is 0 Å². The van der Waals surface area contributed by atoms with Crippen LogP contribution in [-0.2, 0) is 0 Å². The van der Waals surface area contributed by atoms with Crippen molar-refractivity contribution in [3.63, 3.8) is 0 Å². The molecule has 0 heterocycles. The molecule has 0 saturated carbocycles. The van der Waals surface area contributed by atoms with Crippen LogP contribution in [0.3, 0.4) is 0 Å². The number of halogens is 2. The van der Waals surface area contributed by atoms with Crippen LogP contribution in [0.2, 0.25) is 0 Å². The number of nitrogens with zero attached hydrogens (tertiary/aromatic N) is 1. The molecule has 0 radical (unpaired) electrons. The maximum absolute atomic E-state index is 13.2. The quantitative estimate of drug-likeness (QED) is 0.668. The first-order valence-corrected chi connectivity index (χ1v) is 6.69. The van der Waals surface area contributed by atoms with E-state index in [0.717, 1.165) is 0 Å². The average molecular weight is 353 g/mol. The maximum Gasteiger partial charge on any atom is 0.271 e. The Labute approximate surface area is 128 Å². The van der Waals surface area contributed by atoms with E-state index in [9.17, 15) is 19.3 Å². The van der Waals surface area contributed by atoms with Crippen molar-refractivity contribution in [2.75, 3.05) is 5.32 Å². The fraction of sp³-hybridized carbons (Fsp3) is 0.0714. The molecule has 0 atom stereocenters. The summed E-state index contributed by atoms with van der Waals surface area (Å²) in [5.74, 6) is -0.873. The van der Waals surface area contributed by atoms with Crippen LogP contribution in [0.1, 0.15) is 15.9 Å². The number of benzene rings is 2. The lowest BCUT2D eigenvalue weighted by Crippen LogP contribution is -2.13. The Morgan fingerprint density at radius 3 is 2.62 bits per heavy atom. The monoisotopic (exact) mass is 352 g/mol. The molecule has 0 aromatic heterocycles. The number of carbonyl (C=O) groups is 1. The fourth-order valence-electron chi connectivity index (χ4n) is 1.70. The zero-order valence-corrected chi connectivity index (χ0v) is 12.5. The minimum Gasteiger partial charge on any atom is -0.321 e. The minimum atomic E-state index is -0.551. The van der Waals surface area contributed by atoms with E-state index in [1.807, 2.05) is 0 Å². The molecule has 0 unspecified atom stereocenters. The Morgan fingerprint density at radius 2 is 2.00 bits per heavy atom. The lowest BCUT2D eigenvalue weighted by Gasteiger charge is -2.08. The summed E-state index contributed by atoms with van der Waals surface area (Å²) in [6, 6.07) is 8.01. The molecule has 108 valence electrons. The van der Waals surface area contributed by atoms with Crippen LogP contribution >= 0.6 is 15.9 Å². The Hall–Kier alpha value is -2.28. The van der Waals surface area contributed by atoms with E-state index in [4.69, 9.17) is 0 Å². The van der Waals surface area contributed by atoms with E-state index in [2.05, 4.69) is 21.2 Å². The molecule has 0 saturated heterocycles. The summed E-state index contributed by atoms with van der Waals surface area (Å²) in [6.07, 6.45) is 0. The van der Waals surface area contributed by atoms with E-state index in [1.54, 1.807) is 6.92 Å². The summed E-state index contributed by atoms with van der Waals surface area (Å²) in [7, 11) is 0. The van der Waals surface area contributed by atoms with Crippen molar-refractivity contribution in [3.05, 3.63) is 67.9 Å². The highest BCUT2D eigenvalue weighted by Crippen LogP contribution is 2.27. The number of rotatable bonds is 3. The van der Waals surface area contributed by atoms with Crippen molar-refractivity contribution in [3.8, 4) is 0 Å². The number of nitro groups is 1. The molecule has 2 aromatic rings. The summed E-state index contributed by atoms with van der Waals surface area (Å²) >= 11 is 3.21. The molecule has 0 aliphatic heterocycles. The number of carbonyl (C=O) groups excluding carboxylic acids is 1. The van der Waals surface area contributed by atoms with Gasteiger partial charge in [-0.3, -0.25) is 14.9 Å². The van der Waals surface area contributed by atoms with Crippen LogP contribution in [0.4, 0.5) is 15.8 Å². The van der Waals surface area contributed by atoms with Crippen molar-refractivity contribution in [2.45, 2.75) is 6.92 Å². The highest BCUT2D eigenvalue weighted by atomic mass is 79.9. The Kier molecular flexibility index (Phi) is 4.32. The number of hydrogen-bond acceptors (Lipinski definition) is 3. The highest BCUT2D eigenvalue weighted by molar-refractivity contribution is 9.10. The van der Waals surface area contributed by atoms with Gasteiger partial charge in [0.15, 0.2) is 0 Å². The van der Waals surface area contributed by atoms with Gasteiger partial charge in [0.1, 0.15) is 5.82 Å². The average Bonchev–Trinajstić information content (AvgIpc) is 2.43. The van der Waals surface area contributed by atoms with Gasteiger partial charge in [0.2, 0.25) is 0 Å². The van der Waals surface area contributed by atoms with E-state index in [1.165, 1.54) is 36.4 Å². The topological polar surface area (TPSA) is 72.2 Å². The zero-order valence-electron chi connectivity index (χ0n) is 10.9. The van der Waals surface area contributed by atoms with Crippen molar-refractivity contribution < 1.29 is 14.1 Å². The Morgan fingerprint density at radius 1 is 1.29 bits per heavy atom. The van der Waals surface area contributed by atoms with Gasteiger partial charge in [-0.2, -0.15) is 0 Å². The molecule has 2 rings (SSSR count). The van der Waals surface area contributed by atoms with Crippen LogP contribution in [0.25, 0.3) is 0 Å². The van der Waals surface area contributed by atoms with E-state index < -0.39 is 16.6 Å². The van der Waals surface area contributed by atoms with Gasteiger partial charge in [-0.1, -0.05) is 0 Å². The van der Waals surface area contributed by atoms with Crippen molar-refractivity contribution >= 4 is 33.2 Å². The van der Waals surface area contributed by atoms with Crippen LogP contribution in [0.15, 0.2) is 40.9 Å². The molecular formula is C14H10BrFN2O3. The first kappa shape index (κ1) is 15.1. The molecular weight excluding hydrogens is 343 g/mol. The van der Waals surface area contributed by atoms with Crippen LogP contribution in [0, 0.1) is 22.9 Å². The van der Waals surface area contributed by atoms with Gasteiger partial charge < -0.3 is 5.32 Å². The first-order chi connectivity index (χ1) is 9.88. The van der Waals surface area contributed by atoms with Crippen molar-refractivity contribution in [1.82, 2.24) is 0 Å². The number of aryl methyl sites for hydroxylation is 1. The van der Waals surface area contributed by atoms with Gasteiger partial charge in [-0.15, -0.1) is 0 Å². The second-order valence-corrected chi connectivity index (χ2v) is 5.19. The third kappa shape index (κ3) is 3.43. The molecule has 0 fully saturated rings. The SMILES string of the molecule is Cc1cc(C(=O)Nc2cc([N+](=O)[O-])ccc2Br)ccc1F. The van der Waals surface area contributed by atoms with E-state index in [-0.39, 0.29) is 16.9 Å². The summed E-state index contributed by atoms with van der Waals surface area (Å²) < 4.78 is 13.7. The number of non-ortho nitro benzene ring substituents is 1. The van der Waals surface area contributed by atoms with Crippen LogP contribution in [0.5, 0.6) is 0 Å². The minimum absolute atomic E-state index is 0.135. The molecule has 0 spiro atoms. The molecule has 0 aliphatic rings. The molecule has 1 amide bonds. The maximum atomic E-state index is 13.2. The summed E-state index contributed by atoms with van der Waals surface area (Å²) in [6.45, 7) is 1.55. The van der Waals surface area contributed by atoms with Crippen LogP contribution in [-0.4, -0.2) is 10.8 Å². The standard InChI is InChI=1S/C14H10BrFN2O3/c1-8-6-9(2-5-12(8)16)14(19)17-13-7-10(18(20)21)3-4-11(13)15/h2-7H,1H3,(H,17,19). The molecule has 7 heteroatoms. The molecule has 1 N–H and O–H groups in total. The molecule has 5 nitrogen and oxygen atoms in total. The predicted molar refractivity (Wildman–Crippen MR) is 79.9 cm³/mol. The van der Waals surface area contributed by atoms with Crippen molar-refractivity contribution in [2.24, 2.45) is 0 Å². The lowest BCUT2D eigenvalue weighted by molar-refractivity contribution is -0.384. The molecule has 0 aliphatic carbocycles. The highest BCUT2D eigenvalue weighted by Gasteiger charge is 2.13. The largest absolute Gasteiger partial charge is 0.321 e. The first-order valence-electron chi connectivity index (χ1n) is 5.90. The second kappa shape index (κ2) is 6.01. The number of amides is 1. The Balaban J connectivity index is 2.28. The second-order valence-electron chi connectivity index (χ2n) is 4.34. The van der Waals surface area contributed by atoms with Gasteiger partial charge >= 0.3 is 0 Å². The third-order valence-electron chi connectivity index (χ3n) is 2.83. The predicted octanol–water partition coefficient (Wildman–Crippen LogP) is 4.06. The van der Waals surface area contributed by atoms with Crippen LogP contribution < -0.4 is 5.32 Å². The van der Waals surface area contributed by atoms with Gasteiger partial charge in [-0.25, -0.2) is 4.39 Å². The number of nitro benzene ring substituents is 1. The smallest absolute Gasteiger partial charge is 0.271 e. The number of hydrogen-bond donors (Lipinski definition) is 1. The summed E-state index contributed by atoms with van der Waals surface area (Å²) in [5.41, 5.74) is 0.757. The number of anilines is 1. The summed E-state index contributed by atoms with van der Waals surface area (Å²) in [4.78, 5) is 22.3. The number of nitrogens with one attached hydrogen (secondary N) is 1. The fourth-order valence-corrected chi connectivity index (χ4v) is 2.05. The normalized spacial score (nSPS) is 10.2. The molecule has 0 bridgehead atoms. The van der Waals surface area contributed by atoms with E-state index in [0.29, 0.717) is 10.0 Å². The summed E-state index contributed by atoms with van der Waals surface area (Å²) in [5, 5.41) is 13.3. The Bertz CT molecular complexity index is 734. The molecule has 21 heavy (non-hydrogen) atoms. The van der Waals surface area contributed by atoms with Gasteiger partial charge in [0.25, 0.3) is 11.6 Å². The van der Waals surface area contributed by atoms with Gasteiger partial charge in [-0.05, 0) is 52.7 Å². The third-order valence-corrected chi connectivity index (χ3v) is 3.52. The lowest BCUT2D eigenvalue weighted by atomic mass is 10.1. The van der Waals surface area contributed by atoms with Gasteiger partial charge in [0.05, 0.1) is 10.6 Å². The zero-order chi connectivity index (χ0) is 15.6. The van der Waals surface area contributed by atoms with Gasteiger partial charge in [0, 0.05) is 22.2 Å².